The molecular formula is C19H22N2O3. The average Bonchev–Trinajstić information content (AvgIpc) is 2.64. The van der Waals surface area contributed by atoms with Gasteiger partial charge in [0.25, 0.3) is 11.8 Å². The third kappa shape index (κ3) is 5.85. The summed E-state index contributed by atoms with van der Waals surface area (Å²) in [6, 6.07) is 17.9. The maximum atomic E-state index is 11.8. The molecule has 2 rings (SSSR count). The van der Waals surface area contributed by atoms with Gasteiger partial charge in [0.15, 0.2) is 0 Å². The Balaban J connectivity index is 1.61. The van der Waals surface area contributed by atoms with Crippen molar-refractivity contribution < 1.29 is 14.7 Å². The number of amides is 2. The van der Waals surface area contributed by atoms with Crippen molar-refractivity contribution >= 4 is 11.8 Å². The SMILES string of the molecule is O=C(NCCC[C@H](O)CNC(=O)c1ccccc1)c1ccccc1. The van der Waals surface area contributed by atoms with Crippen molar-refractivity contribution in [3.8, 4) is 0 Å². The lowest BCUT2D eigenvalue weighted by molar-refractivity contribution is 0.0908. The molecule has 0 saturated carbocycles. The molecule has 0 unspecified atom stereocenters. The molecule has 2 amide bonds. The van der Waals surface area contributed by atoms with Crippen molar-refractivity contribution in [2.24, 2.45) is 0 Å². The highest BCUT2D eigenvalue weighted by Crippen LogP contribution is 2.01. The smallest absolute Gasteiger partial charge is 0.251 e. The molecule has 126 valence electrons. The molecule has 0 radical (unpaired) electrons. The topological polar surface area (TPSA) is 78.4 Å². The Bertz CT molecular complexity index is 644. The summed E-state index contributed by atoms with van der Waals surface area (Å²) in [5.74, 6) is -0.325. The lowest BCUT2D eigenvalue weighted by atomic mass is 10.1. The van der Waals surface area contributed by atoms with Gasteiger partial charge in [0, 0.05) is 24.2 Å². The number of rotatable bonds is 8. The molecule has 0 bridgehead atoms. The van der Waals surface area contributed by atoms with Gasteiger partial charge in [-0.1, -0.05) is 36.4 Å². The summed E-state index contributed by atoms with van der Waals surface area (Å²) in [6.45, 7) is 0.678. The Hall–Kier alpha value is -2.66. The summed E-state index contributed by atoms with van der Waals surface area (Å²) in [7, 11) is 0. The van der Waals surface area contributed by atoms with Crippen molar-refractivity contribution in [2.75, 3.05) is 13.1 Å². The van der Waals surface area contributed by atoms with Gasteiger partial charge in [-0.25, -0.2) is 0 Å². The molecule has 0 aliphatic rings. The summed E-state index contributed by atoms with van der Waals surface area (Å²) in [4.78, 5) is 23.7. The molecule has 1 atom stereocenters. The maximum absolute atomic E-state index is 11.8. The van der Waals surface area contributed by atoms with Crippen molar-refractivity contribution in [2.45, 2.75) is 18.9 Å². The minimum atomic E-state index is -0.633. The highest BCUT2D eigenvalue weighted by Gasteiger charge is 2.09. The molecule has 2 aromatic rings. The molecule has 5 heteroatoms. The second kappa shape index (κ2) is 9.47. The molecule has 0 aromatic heterocycles. The van der Waals surface area contributed by atoms with E-state index in [4.69, 9.17) is 0 Å². The molecule has 0 aliphatic heterocycles. The van der Waals surface area contributed by atoms with Crippen LogP contribution in [0.5, 0.6) is 0 Å². The molecule has 0 heterocycles. The first-order valence-electron chi connectivity index (χ1n) is 8.01. The van der Waals surface area contributed by atoms with Crippen LogP contribution in [0.3, 0.4) is 0 Å². The molecule has 0 spiro atoms. The summed E-state index contributed by atoms with van der Waals surface area (Å²) >= 11 is 0. The highest BCUT2D eigenvalue weighted by atomic mass is 16.3. The predicted octanol–water partition coefficient (Wildman–Crippen LogP) is 1.99. The Morgan fingerprint density at radius 2 is 1.33 bits per heavy atom. The molecule has 24 heavy (non-hydrogen) atoms. The number of nitrogens with one attached hydrogen (secondary N) is 2. The first-order valence-corrected chi connectivity index (χ1v) is 8.01. The van der Waals surface area contributed by atoms with Gasteiger partial charge in [-0.3, -0.25) is 9.59 Å². The van der Waals surface area contributed by atoms with E-state index in [2.05, 4.69) is 10.6 Å². The number of carbonyl (C=O) groups is 2. The van der Waals surface area contributed by atoms with Gasteiger partial charge < -0.3 is 15.7 Å². The number of aliphatic hydroxyl groups excluding tert-OH is 1. The van der Waals surface area contributed by atoms with Gasteiger partial charge >= 0.3 is 0 Å². The third-order valence-corrected chi connectivity index (χ3v) is 3.57. The Kier molecular flexibility index (Phi) is 6.98. The number of benzene rings is 2. The lowest BCUT2D eigenvalue weighted by Gasteiger charge is -2.12. The van der Waals surface area contributed by atoms with Crippen molar-refractivity contribution in [3.05, 3.63) is 71.8 Å². The number of carbonyl (C=O) groups excluding carboxylic acids is 2. The van der Waals surface area contributed by atoms with Gasteiger partial charge in [-0.2, -0.15) is 0 Å². The summed E-state index contributed by atoms with van der Waals surface area (Å²) in [6.07, 6.45) is 0.511. The van der Waals surface area contributed by atoms with Crippen LogP contribution in [0.2, 0.25) is 0 Å². The fraction of sp³-hybridized carbons (Fsp3) is 0.263. The molecular weight excluding hydrogens is 304 g/mol. The lowest BCUT2D eigenvalue weighted by Crippen LogP contribution is -2.33. The zero-order valence-corrected chi connectivity index (χ0v) is 13.4. The van der Waals surface area contributed by atoms with E-state index in [1.807, 2.05) is 24.3 Å². The molecule has 0 saturated heterocycles. The second-order valence-electron chi connectivity index (χ2n) is 5.49. The average molecular weight is 326 g/mol. The van der Waals surface area contributed by atoms with Crippen LogP contribution in [0.15, 0.2) is 60.7 Å². The first kappa shape index (κ1) is 17.7. The van der Waals surface area contributed by atoms with Crippen molar-refractivity contribution in [1.82, 2.24) is 10.6 Å². The zero-order valence-electron chi connectivity index (χ0n) is 13.4. The third-order valence-electron chi connectivity index (χ3n) is 3.57. The minimum Gasteiger partial charge on any atom is -0.391 e. The molecule has 5 nitrogen and oxygen atoms in total. The van der Waals surface area contributed by atoms with E-state index in [0.717, 1.165) is 0 Å². The molecule has 3 N–H and O–H groups in total. The zero-order chi connectivity index (χ0) is 17.2. The molecule has 2 aromatic carbocycles. The van der Waals surface area contributed by atoms with E-state index < -0.39 is 6.10 Å². The van der Waals surface area contributed by atoms with Gasteiger partial charge in [0.05, 0.1) is 6.10 Å². The normalized spacial score (nSPS) is 11.5. The fourth-order valence-electron chi connectivity index (χ4n) is 2.24. The standard InChI is InChI=1S/C19H22N2O3/c22-17(14-21-19(24)16-10-5-2-6-11-16)12-7-13-20-18(23)15-8-3-1-4-9-15/h1-6,8-11,17,22H,7,12-14H2,(H,20,23)(H,21,24)/t17-/m0/s1. The fourth-order valence-corrected chi connectivity index (χ4v) is 2.24. The minimum absolute atomic E-state index is 0.123. The predicted molar refractivity (Wildman–Crippen MR) is 92.8 cm³/mol. The molecule has 0 aliphatic carbocycles. The Labute approximate surface area is 141 Å². The van der Waals surface area contributed by atoms with E-state index in [9.17, 15) is 14.7 Å². The van der Waals surface area contributed by atoms with E-state index in [-0.39, 0.29) is 18.4 Å². The Morgan fingerprint density at radius 3 is 1.88 bits per heavy atom. The van der Waals surface area contributed by atoms with Crippen LogP contribution in [0, 0.1) is 0 Å². The van der Waals surface area contributed by atoms with Gasteiger partial charge in [0.2, 0.25) is 0 Å². The van der Waals surface area contributed by atoms with E-state index >= 15 is 0 Å². The Morgan fingerprint density at radius 1 is 0.833 bits per heavy atom. The summed E-state index contributed by atoms with van der Waals surface area (Å²) in [5, 5.41) is 15.4. The quantitative estimate of drug-likeness (QED) is 0.649. The van der Waals surface area contributed by atoms with Crippen LogP contribution < -0.4 is 10.6 Å². The monoisotopic (exact) mass is 326 g/mol. The van der Waals surface area contributed by atoms with Crippen LogP contribution in [-0.4, -0.2) is 36.1 Å². The summed E-state index contributed by atoms with van der Waals surface area (Å²) < 4.78 is 0. The van der Waals surface area contributed by atoms with Crippen LogP contribution in [0.25, 0.3) is 0 Å². The van der Waals surface area contributed by atoms with Gasteiger partial charge in [-0.05, 0) is 37.1 Å². The maximum Gasteiger partial charge on any atom is 0.251 e. The van der Waals surface area contributed by atoms with Crippen LogP contribution in [-0.2, 0) is 0 Å². The van der Waals surface area contributed by atoms with Gasteiger partial charge in [0.1, 0.15) is 0 Å². The first-order chi connectivity index (χ1) is 11.7. The number of aliphatic hydroxyl groups is 1. The van der Waals surface area contributed by atoms with Crippen LogP contribution in [0.4, 0.5) is 0 Å². The number of hydrogen-bond donors (Lipinski definition) is 3. The van der Waals surface area contributed by atoms with Crippen LogP contribution >= 0.6 is 0 Å². The van der Waals surface area contributed by atoms with E-state index in [1.165, 1.54) is 0 Å². The highest BCUT2D eigenvalue weighted by molar-refractivity contribution is 5.94. The molecule has 0 fully saturated rings. The van der Waals surface area contributed by atoms with Crippen molar-refractivity contribution in [3.63, 3.8) is 0 Å². The summed E-state index contributed by atoms with van der Waals surface area (Å²) in [5.41, 5.74) is 1.19. The second-order valence-corrected chi connectivity index (χ2v) is 5.49. The van der Waals surface area contributed by atoms with E-state index in [0.29, 0.717) is 30.5 Å². The van der Waals surface area contributed by atoms with Crippen molar-refractivity contribution in [1.29, 1.82) is 0 Å². The van der Waals surface area contributed by atoms with Gasteiger partial charge in [-0.15, -0.1) is 0 Å². The number of hydrogen-bond acceptors (Lipinski definition) is 3. The van der Waals surface area contributed by atoms with Crippen LogP contribution in [0.1, 0.15) is 33.6 Å². The van der Waals surface area contributed by atoms with E-state index in [1.54, 1.807) is 36.4 Å². The largest absolute Gasteiger partial charge is 0.391 e.